The molecule has 0 radical (unpaired) electrons. The Balaban J connectivity index is 2.57. The molecular weight excluding hydrogens is 240 g/mol. The van der Waals surface area contributed by atoms with Crippen molar-refractivity contribution in [2.45, 2.75) is 53.1 Å². The number of hydrogen-bond acceptors (Lipinski definition) is 3. The minimum absolute atomic E-state index is 0.00454. The fourth-order valence-corrected chi connectivity index (χ4v) is 3.88. The molecular formula is C16H24O3. The molecule has 0 heterocycles. The molecule has 1 saturated carbocycles. The molecule has 19 heavy (non-hydrogen) atoms. The van der Waals surface area contributed by atoms with Crippen LogP contribution in [0.15, 0.2) is 11.6 Å². The fraction of sp³-hybridized carbons (Fsp3) is 0.750. The van der Waals surface area contributed by atoms with Crippen LogP contribution in [-0.2, 0) is 9.59 Å². The summed E-state index contributed by atoms with van der Waals surface area (Å²) in [6.45, 7) is 9.39. The molecule has 1 N–H and O–H groups in total. The van der Waals surface area contributed by atoms with Crippen molar-refractivity contribution < 1.29 is 14.7 Å². The minimum Gasteiger partial charge on any atom is -0.381 e. The molecule has 0 saturated heterocycles. The Kier molecular flexibility index (Phi) is 3.25. The molecule has 2 aliphatic carbocycles. The molecule has 0 aromatic rings. The number of rotatable bonds is 2. The van der Waals surface area contributed by atoms with Gasteiger partial charge in [0.15, 0.2) is 11.6 Å². The lowest BCUT2D eigenvalue weighted by molar-refractivity contribution is -0.151. The van der Waals surface area contributed by atoms with E-state index in [2.05, 4.69) is 6.92 Å². The molecule has 0 spiro atoms. The second-order valence-electron chi connectivity index (χ2n) is 6.97. The largest absolute Gasteiger partial charge is 0.381 e. The summed E-state index contributed by atoms with van der Waals surface area (Å²) in [5.41, 5.74) is -1.24. The molecule has 4 atom stereocenters. The van der Waals surface area contributed by atoms with Crippen molar-refractivity contribution >= 4 is 11.6 Å². The molecule has 0 aromatic carbocycles. The van der Waals surface area contributed by atoms with Crippen molar-refractivity contribution in [2.24, 2.45) is 23.2 Å². The van der Waals surface area contributed by atoms with E-state index < -0.39 is 11.0 Å². The van der Waals surface area contributed by atoms with Crippen molar-refractivity contribution in [2.75, 3.05) is 0 Å². The van der Waals surface area contributed by atoms with E-state index in [0.717, 1.165) is 12.8 Å². The van der Waals surface area contributed by atoms with Crippen LogP contribution in [0, 0.1) is 23.2 Å². The number of hydrogen-bond donors (Lipinski definition) is 1. The van der Waals surface area contributed by atoms with E-state index >= 15 is 0 Å². The van der Waals surface area contributed by atoms with Gasteiger partial charge in [0.05, 0.1) is 0 Å². The van der Waals surface area contributed by atoms with E-state index in [9.17, 15) is 14.7 Å². The molecule has 0 aliphatic heterocycles. The summed E-state index contributed by atoms with van der Waals surface area (Å²) in [5.74, 6) is -0.0500. The van der Waals surface area contributed by atoms with Crippen LogP contribution in [0.1, 0.15) is 47.5 Å². The lowest BCUT2D eigenvalue weighted by Crippen LogP contribution is -2.56. The summed E-state index contributed by atoms with van der Waals surface area (Å²) in [6.07, 6.45) is 3.16. The first-order valence-electron chi connectivity index (χ1n) is 7.15. The highest BCUT2D eigenvalue weighted by Gasteiger charge is 2.60. The molecule has 2 rings (SSSR count). The Hall–Kier alpha value is -0.960. The maximum absolute atomic E-state index is 12.4. The first-order chi connectivity index (χ1) is 8.63. The quantitative estimate of drug-likeness (QED) is 0.833. The van der Waals surface area contributed by atoms with Gasteiger partial charge < -0.3 is 5.11 Å². The number of Topliss-reactive ketones (excluding diaryl/α,β-unsaturated/α-hetero) is 1. The highest BCUT2D eigenvalue weighted by atomic mass is 16.3. The Morgan fingerprint density at radius 3 is 2.53 bits per heavy atom. The van der Waals surface area contributed by atoms with Crippen LogP contribution in [0.2, 0.25) is 0 Å². The summed E-state index contributed by atoms with van der Waals surface area (Å²) >= 11 is 0. The van der Waals surface area contributed by atoms with Crippen molar-refractivity contribution in [3.05, 3.63) is 11.6 Å². The van der Waals surface area contributed by atoms with E-state index in [4.69, 9.17) is 0 Å². The van der Waals surface area contributed by atoms with E-state index in [0.29, 0.717) is 11.5 Å². The van der Waals surface area contributed by atoms with E-state index in [1.165, 1.54) is 6.08 Å². The number of carbonyl (C=O) groups is 2. The molecule has 0 unspecified atom stereocenters. The Morgan fingerprint density at radius 1 is 1.42 bits per heavy atom. The van der Waals surface area contributed by atoms with Gasteiger partial charge in [-0.15, -0.1) is 0 Å². The van der Waals surface area contributed by atoms with Gasteiger partial charge in [-0.05, 0) is 37.7 Å². The highest BCUT2D eigenvalue weighted by molar-refractivity contribution is 6.08. The summed E-state index contributed by atoms with van der Waals surface area (Å²) in [7, 11) is 0. The zero-order valence-corrected chi connectivity index (χ0v) is 12.5. The van der Waals surface area contributed by atoms with Crippen LogP contribution in [0.4, 0.5) is 0 Å². The minimum atomic E-state index is -1.36. The second-order valence-corrected chi connectivity index (χ2v) is 6.97. The number of ketones is 2. The summed E-state index contributed by atoms with van der Waals surface area (Å²) < 4.78 is 0. The smallest absolute Gasteiger partial charge is 0.187 e. The Bertz CT molecular complexity index is 459. The molecule has 3 nitrogen and oxygen atoms in total. The van der Waals surface area contributed by atoms with Gasteiger partial charge in [-0.25, -0.2) is 0 Å². The fourth-order valence-electron chi connectivity index (χ4n) is 3.88. The summed E-state index contributed by atoms with van der Waals surface area (Å²) in [5, 5.41) is 10.6. The van der Waals surface area contributed by atoms with Gasteiger partial charge in [0, 0.05) is 16.9 Å². The van der Waals surface area contributed by atoms with Gasteiger partial charge in [0.25, 0.3) is 0 Å². The predicted octanol–water partition coefficient (Wildman–Crippen LogP) is 2.52. The molecule has 3 heteroatoms. The van der Waals surface area contributed by atoms with Gasteiger partial charge >= 0.3 is 0 Å². The third-order valence-electron chi connectivity index (χ3n) is 5.40. The normalized spacial score (nSPS) is 42.3. The van der Waals surface area contributed by atoms with Gasteiger partial charge in [-0.2, -0.15) is 0 Å². The molecule has 1 fully saturated rings. The number of carbonyl (C=O) groups excluding carboxylic acids is 2. The topological polar surface area (TPSA) is 54.4 Å². The molecule has 2 aliphatic rings. The van der Waals surface area contributed by atoms with Gasteiger partial charge in [-0.1, -0.05) is 27.7 Å². The maximum atomic E-state index is 12.4. The van der Waals surface area contributed by atoms with Crippen LogP contribution in [0.3, 0.4) is 0 Å². The van der Waals surface area contributed by atoms with Gasteiger partial charge in [0.1, 0.15) is 5.60 Å². The zero-order valence-electron chi connectivity index (χ0n) is 12.5. The standard InChI is InChI=1S/C16H24O3/c1-9(2)14(18)11-8-12(17)16(5,19)15(4)7-6-10(3)13(11)15/h8-10,13,19H,6-7H2,1-5H3/t10-,13-,15-,16+/m1/s1. The third-order valence-corrected chi connectivity index (χ3v) is 5.40. The highest BCUT2D eigenvalue weighted by Crippen LogP contribution is 2.58. The monoisotopic (exact) mass is 264 g/mol. The molecule has 0 bridgehead atoms. The molecule has 0 aromatic heterocycles. The van der Waals surface area contributed by atoms with Crippen molar-refractivity contribution in [1.29, 1.82) is 0 Å². The van der Waals surface area contributed by atoms with E-state index in [-0.39, 0.29) is 23.4 Å². The van der Waals surface area contributed by atoms with Gasteiger partial charge in [0.2, 0.25) is 0 Å². The number of fused-ring (bicyclic) bond motifs is 1. The van der Waals surface area contributed by atoms with Crippen LogP contribution in [0.25, 0.3) is 0 Å². The van der Waals surface area contributed by atoms with Crippen molar-refractivity contribution in [3.63, 3.8) is 0 Å². The van der Waals surface area contributed by atoms with Crippen LogP contribution >= 0.6 is 0 Å². The van der Waals surface area contributed by atoms with Crippen molar-refractivity contribution in [1.82, 2.24) is 0 Å². The third kappa shape index (κ3) is 1.82. The van der Waals surface area contributed by atoms with E-state index in [1.54, 1.807) is 6.92 Å². The second kappa shape index (κ2) is 4.27. The molecule has 0 amide bonds. The lowest BCUT2D eigenvalue weighted by atomic mass is 9.58. The predicted molar refractivity (Wildman–Crippen MR) is 73.6 cm³/mol. The van der Waals surface area contributed by atoms with Crippen LogP contribution in [-0.4, -0.2) is 22.3 Å². The average molecular weight is 264 g/mol. The summed E-state index contributed by atoms with van der Waals surface area (Å²) in [4.78, 5) is 24.6. The first kappa shape index (κ1) is 14.4. The van der Waals surface area contributed by atoms with E-state index in [1.807, 2.05) is 20.8 Å². The number of allylic oxidation sites excluding steroid dienone is 1. The Morgan fingerprint density at radius 2 is 2.00 bits per heavy atom. The summed E-state index contributed by atoms with van der Waals surface area (Å²) in [6, 6.07) is 0. The SMILES string of the molecule is CC(C)C(=O)C1=CC(=O)[C@](C)(O)[C@]2(C)CC[C@@H](C)[C@H]12. The van der Waals surface area contributed by atoms with Crippen LogP contribution < -0.4 is 0 Å². The maximum Gasteiger partial charge on any atom is 0.187 e. The molecule has 106 valence electrons. The average Bonchev–Trinajstić information content (AvgIpc) is 2.62. The van der Waals surface area contributed by atoms with Crippen molar-refractivity contribution in [3.8, 4) is 0 Å². The Labute approximate surface area is 115 Å². The van der Waals surface area contributed by atoms with Gasteiger partial charge in [-0.3, -0.25) is 9.59 Å². The lowest BCUT2D eigenvalue weighted by Gasteiger charge is -2.47. The first-order valence-corrected chi connectivity index (χ1v) is 7.15. The van der Waals surface area contributed by atoms with Crippen LogP contribution in [0.5, 0.6) is 0 Å². The number of aliphatic hydroxyl groups is 1. The zero-order chi connectivity index (χ0) is 14.6.